The average Bonchev–Trinajstić information content (AvgIpc) is 2.26. The summed E-state index contributed by atoms with van der Waals surface area (Å²) >= 11 is 1.50. The molecule has 0 aliphatic heterocycles. The number of aromatic nitrogens is 1. The molecule has 0 bridgehead atoms. The average molecular weight is 208 g/mol. The molecule has 1 N–H and O–H groups in total. The topological polar surface area (TPSA) is 42.0 Å². The number of ketones is 1. The quantitative estimate of drug-likeness (QED) is 0.604. The first-order valence-corrected chi connectivity index (χ1v) is 5.38. The zero-order chi connectivity index (χ0) is 10.4. The van der Waals surface area contributed by atoms with Gasteiger partial charge in [-0.3, -0.25) is 9.78 Å². The van der Waals surface area contributed by atoms with Gasteiger partial charge in [-0.25, -0.2) is 0 Å². The Labute approximate surface area is 87.6 Å². The largest absolute Gasteiger partial charge is 0.383 e. The number of hydrogen-bond acceptors (Lipinski definition) is 4. The SMILES string of the molecule is CN/C(=C/C(=O)c1cccnc1)SC. The number of rotatable bonds is 4. The highest BCUT2D eigenvalue weighted by atomic mass is 32.2. The zero-order valence-corrected chi connectivity index (χ0v) is 8.97. The number of hydrogen-bond donors (Lipinski definition) is 1. The molecule has 1 aromatic heterocycles. The van der Waals surface area contributed by atoms with Gasteiger partial charge in [-0.2, -0.15) is 0 Å². The van der Waals surface area contributed by atoms with E-state index in [-0.39, 0.29) is 5.78 Å². The highest BCUT2D eigenvalue weighted by molar-refractivity contribution is 8.02. The van der Waals surface area contributed by atoms with Gasteiger partial charge in [0.1, 0.15) is 0 Å². The number of thioether (sulfide) groups is 1. The summed E-state index contributed by atoms with van der Waals surface area (Å²) in [6, 6.07) is 3.50. The van der Waals surface area contributed by atoms with E-state index < -0.39 is 0 Å². The molecule has 1 rings (SSSR count). The van der Waals surface area contributed by atoms with Crippen molar-refractivity contribution >= 4 is 17.5 Å². The normalized spacial score (nSPS) is 11.1. The van der Waals surface area contributed by atoms with Crippen LogP contribution in [0.3, 0.4) is 0 Å². The number of carbonyl (C=O) groups excluding carboxylic acids is 1. The van der Waals surface area contributed by atoms with E-state index in [4.69, 9.17) is 0 Å². The fraction of sp³-hybridized carbons (Fsp3) is 0.200. The molecule has 0 atom stereocenters. The zero-order valence-electron chi connectivity index (χ0n) is 8.15. The summed E-state index contributed by atoms with van der Waals surface area (Å²) in [7, 11) is 1.79. The van der Waals surface area contributed by atoms with Crippen LogP contribution in [0.5, 0.6) is 0 Å². The number of pyridine rings is 1. The third kappa shape index (κ3) is 2.88. The van der Waals surface area contributed by atoms with Crippen LogP contribution in [-0.4, -0.2) is 24.1 Å². The Kier molecular flexibility index (Phi) is 4.19. The molecule has 0 saturated heterocycles. The van der Waals surface area contributed by atoms with Gasteiger partial charge in [0.05, 0.1) is 5.03 Å². The van der Waals surface area contributed by atoms with E-state index in [9.17, 15) is 4.79 Å². The molecule has 0 aliphatic carbocycles. The number of carbonyl (C=O) groups is 1. The van der Waals surface area contributed by atoms with Crippen LogP contribution in [0, 0.1) is 0 Å². The van der Waals surface area contributed by atoms with Gasteiger partial charge in [0.2, 0.25) is 0 Å². The van der Waals surface area contributed by atoms with Gasteiger partial charge in [0.25, 0.3) is 0 Å². The summed E-state index contributed by atoms with van der Waals surface area (Å²) in [6.45, 7) is 0. The van der Waals surface area contributed by atoms with Crippen LogP contribution in [0.2, 0.25) is 0 Å². The molecule has 3 nitrogen and oxygen atoms in total. The summed E-state index contributed by atoms with van der Waals surface area (Å²) in [5.74, 6) is -0.0307. The molecule has 0 unspecified atom stereocenters. The molecule has 1 aromatic rings. The third-order valence-electron chi connectivity index (χ3n) is 1.67. The van der Waals surface area contributed by atoms with E-state index in [2.05, 4.69) is 10.3 Å². The lowest BCUT2D eigenvalue weighted by atomic mass is 10.2. The Bertz CT molecular complexity index is 329. The standard InChI is InChI=1S/C10H12N2OS/c1-11-10(14-2)6-9(13)8-4-3-5-12-7-8/h3-7,11H,1-2H3/b10-6-. The highest BCUT2D eigenvalue weighted by Crippen LogP contribution is 2.08. The molecule has 4 heteroatoms. The van der Waals surface area contributed by atoms with Crippen molar-refractivity contribution in [2.45, 2.75) is 0 Å². The van der Waals surface area contributed by atoms with E-state index >= 15 is 0 Å². The summed E-state index contributed by atoms with van der Waals surface area (Å²) in [5, 5.41) is 3.78. The van der Waals surface area contributed by atoms with Gasteiger partial charge >= 0.3 is 0 Å². The van der Waals surface area contributed by atoms with E-state index in [0.717, 1.165) is 5.03 Å². The second-order valence-electron chi connectivity index (χ2n) is 2.57. The van der Waals surface area contributed by atoms with Crippen molar-refractivity contribution in [2.24, 2.45) is 0 Å². The first kappa shape index (κ1) is 10.8. The predicted octanol–water partition coefficient (Wildman–Crippen LogP) is 1.69. The minimum Gasteiger partial charge on any atom is -0.383 e. The van der Waals surface area contributed by atoms with E-state index in [1.54, 1.807) is 37.7 Å². The van der Waals surface area contributed by atoms with Crippen LogP contribution in [0.1, 0.15) is 10.4 Å². The predicted molar refractivity (Wildman–Crippen MR) is 59.2 cm³/mol. The minimum atomic E-state index is -0.0307. The van der Waals surface area contributed by atoms with Crippen molar-refractivity contribution in [1.29, 1.82) is 0 Å². The van der Waals surface area contributed by atoms with Gasteiger partial charge in [-0.1, -0.05) is 0 Å². The van der Waals surface area contributed by atoms with Crippen molar-refractivity contribution in [3.8, 4) is 0 Å². The van der Waals surface area contributed by atoms with Gasteiger partial charge in [-0.15, -0.1) is 11.8 Å². The second-order valence-corrected chi connectivity index (χ2v) is 3.42. The molecule has 14 heavy (non-hydrogen) atoms. The molecule has 1 heterocycles. The molecule has 0 amide bonds. The smallest absolute Gasteiger partial charge is 0.189 e. The number of nitrogens with zero attached hydrogens (tertiary/aromatic N) is 1. The second kappa shape index (κ2) is 5.44. The van der Waals surface area contributed by atoms with Gasteiger partial charge in [-0.05, 0) is 18.4 Å². The number of allylic oxidation sites excluding steroid dienone is 1. The maximum Gasteiger partial charge on any atom is 0.189 e. The highest BCUT2D eigenvalue weighted by Gasteiger charge is 2.02. The Morgan fingerprint density at radius 1 is 1.64 bits per heavy atom. The van der Waals surface area contributed by atoms with Crippen LogP contribution < -0.4 is 5.32 Å². The molecule has 74 valence electrons. The van der Waals surface area contributed by atoms with E-state index in [1.165, 1.54) is 11.8 Å². The van der Waals surface area contributed by atoms with Gasteiger partial charge in [0.15, 0.2) is 5.78 Å². The lowest BCUT2D eigenvalue weighted by molar-refractivity contribution is 0.104. The Hall–Kier alpha value is -1.29. The summed E-state index contributed by atoms with van der Waals surface area (Å²) in [6.07, 6.45) is 6.70. The Balaban J connectivity index is 2.82. The molecule has 0 saturated carbocycles. The first-order valence-electron chi connectivity index (χ1n) is 4.15. The fourth-order valence-corrected chi connectivity index (χ4v) is 1.37. The van der Waals surface area contributed by atoms with Crippen molar-refractivity contribution in [1.82, 2.24) is 10.3 Å². The van der Waals surface area contributed by atoms with Crippen molar-refractivity contribution in [3.05, 3.63) is 41.2 Å². The van der Waals surface area contributed by atoms with E-state index in [1.807, 2.05) is 6.26 Å². The van der Waals surface area contributed by atoms with Crippen LogP contribution in [0.25, 0.3) is 0 Å². The lowest BCUT2D eigenvalue weighted by Gasteiger charge is -2.01. The molecular weight excluding hydrogens is 196 g/mol. The summed E-state index contributed by atoms with van der Waals surface area (Å²) in [4.78, 5) is 15.5. The van der Waals surface area contributed by atoms with Crippen molar-refractivity contribution in [2.75, 3.05) is 13.3 Å². The fourth-order valence-electron chi connectivity index (χ4n) is 0.944. The Morgan fingerprint density at radius 2 is 2.43 bits per heavy atom. The first-order chi connectivity index (χ1) is 6.77. The molecule has 0 fully saturated rings. The third-order valence-corrected chi connectivity index (χ3v) is 2.44. The minimum absolute atomic E-state index is 0.0307. The van der Waals surface area contributed by atoms with Crippen molar-refractivity contribution < 1.29 is 4.79 Å². The summed E-state index contributed by atoms with van der Waals surface area (Å²) in [5.41, 5.74) is 0.606. The van der Waals surface area contributed by atoms with Crippen molar-refractivity contribution in [3.63, 3.8) is 0 Å². The van der Waals surface area contributed by atoms with Gasteiger partial charge < -0.3 is 5.32 Å². The van der Waals surface area contributed by atoms with Crippen LogP contribution in [0.4, 0.5) is 0 Å². The maximum absolute atomic E-state index is 11.6. The number of nitrogens with one attached hydrogen (secondary N) is 1. The van der Waals surface area contributed by atoms with E-state index in [0.29, 0.717) is 5.56 Å². The van der Waals surface area contributed by atoms with Gasteiger partial charge in [0, 0.05) is 31.1 Å². The monoisotopic (exact) mass is 208 g/mol. The molecule has 0 radical (unpaired) electrons. The van der Waals surface area contributed by atoms with Crippen LogP contribution in [0.15, 0.2) is 35.6 Å². The molecule has 0 aromatic carbocycles. The summed E-state index contributed by atoms with van der Waals surface area (Å²) < 4.78 is 0. The lowest BCUT2D eigenvalue weighted by Crippen LogP contribution is -2.05. The molecule has 0 spiro atoms. The molecular formula is C10H12N2OS. The van der Waals surface area contributed by atoms with Crippen LogP contribution in [-0.2, 0) is 0 Å². The van der Waals surface area contributed by atoms with Crippen LogP contribution >= 0.6 is 11.8 Å². The Morgan fingerprint density at radius 3 is 2.93 bits per heavy atom. The maximum atomic E-state index is 11.6. The molecule has 0 aliphatic rings.